The van der Waals surface area contributed by atoms with Gasteiger partial charge in [-0.25, -0.2) is 0 Å². The highest BCUT2D eigenvalue weighted by Crippen LogP contribution is 2.30. The molecule has 0 amide bonds. The van der Waals surface area contributed by atoms with E-state index >= 15 is 0 Å². The van der Waals surface area contributed by atoms with Crippen LogP contribution in [0.1, 0.15) is 31.9 Å². The lowest BCUT2D eigenvalue weighted by Crippen LogP contribution is -2.25. The van der Waals surface area contributed by atoms with Crippen LogP contribution < -0.4 is 10.6 Å². The van der Waals surface area contributed by atoms with E-state index in [1.807, 2.05) is 0 Å². The van der Waals surface area contributed by atoms with E-state index in [1.165, 1.54) is 29.8 Å². The minimum atomic E-state index is 0.206. The van der Waals surface area contributed by atoms with Gasteiger partial charge in [-0.2, -0.15) is 0 Å². The first kappa shape index (κ1) is 12.4. The molecule has 1 aliphatic rings. The number of hydrogen-bond acceptors (Lipinski definition) is 2. The monoisotopic (exact) mass is 232 g/mol. The van der Waals surface area contributed by atoms with Crippen molar-refractivity contribution in [2.45, 2.75) is 33.6 Å². The summed E-state index contributed by atoms with van der Waals surface area (Å²) in [6.45, 7) is 9.72. The summed E-state index contributed by atoms with van der Waals surface area (Å²) in [5, 5.41) is 0. The predicted octanol–water partition coefficient (Wildman–Crippen LogP) is 2.60. The van der Waals surface area contributed by atoms with Crippen LogP contribution in [0.5, 0.6) is 0 Å². The molecule has 1 aliphatic heterocycles. The fraction of sp³-hybridized carbons (Fsp3) is 0.600. The Hall–Kier alpha value is -1.02. The summed E-state index contributed by atoms with van der Waals surface area (Å²) in [5.74, 6) is 0. The summed E-state index contributed by atoms with van der Waals surface area (Å²) in [6, 6.07) is 6.93. The molecule has 2 rings (SSSR count). The third-order valence-corrected chi connectivity index (χ3v) is 3.75. The van der Waals surface area contributed by atoms with Gasteiger partial charge in [0.05, 0.1) is 0 Å². The average Bonchev–Trinajstić information content (AvgIpc) is 2.70. The van der Waals surface area contributed by atoms with Gasteiger partial charge in [0.15, 0.2) is 0 Å². The van der Waals surface area contributed by atoms with Crippen LogP contribution in [0.3, 0.4) is 0 Å². The van der Waals surface area contributed by atoms with Crippen LogP contribution in [0.15, 0.2) is 18.2 Å². The van der Waals surface area contributed by atoms with Crippen LogP contribution in [0.4, 0.5) is 5.69 Å². The standard InChI is InChI=1S/C15H24N2/c1-4-17-8-7-13-9-12(5-6-14(13)17)10-15(2,3)11-16/h5-6,9H,4,7-8,10-11,16H2,1-3H3. The Kier molecular flexibility index (Phi) is 3.43. The van der Waals surface area contributed by atoms with E-state index in [-0.39, 0.29) is 5.41 Å². The van der Waals surface area contributed by atoms with Crippen LogP contribution in [-0.2, 0) is 12.8 Å². The maximum atomic E-state index is 5.80. The normalized spacial score (nSPS) is 15.2. The maximum Gasteiger partial charge on any atom is 0.0399 e. The first-order valence-electron chi connectivity index (χ1n) is 6.62. The van der Waals surface area contributed by atoms with Crippen LogP contribution in [0.2, 0.25) is 0 Å². The third kappa shape index (κ3) is 2.63. The molecule has 0 atom stereocenters. The van der Waals surface area contributed by atoms with Crippen molar-refractivity contribution in [3.8, 4) is 0 Å². The number of likely N-dealkylation sites (N-methyl/N-ethyl adjacent to an activating group) is 1. The van der Waals surface area contributed by atoms with Crippen LogP contribution in [0.25, 0.3) is 0 Å². The lowest BCUT2D eigenvalue weighted by molar-refractivity contribution is 0.377. The molecule has 1 aromatic rings. The Bertz CT molecular complexity index is 396. The molecule has 2 nitrogen and oxygen atoms in total. The average molecular weight is 232 g/mol. The second kappa shape index (κ2) is 4.69. The van der Waals surface area contributed by atoms with Crippen molar-refractivity contribution in [1.29, 1.82) is 0 Å². The van der Waals surface area contributed by atoms with Gasteiger partial charge in [-0.05, 0) is 48.9 Å². The number of nitrogens with two attached hydrogens (primary N) is 1. The van der Waals surface area contributed by atoms with Crippen LogP contribution >= 0.6 is 0 Å². The molecule has 0 spiro atoms. The highest BCUT2D eigenvalue weighted by molar-refractivity contribution is 5.59. The molecule has 94 valence electrons. The summed E-state index contributed by atoms with van der Waals surface area (Å²) >= 11 is 0. The lowest BCUT2D eigenvalue weighted by atomic mass is 9.85. The summed E-state index contributed by atoms with van der Waals surface area (Å²) < 4.78 is 0. The molecule has 0 aromatic heterocycles. The molecule has 2 heteroatoms. The Morgan fingerprint density at radius 1 is 1.35 bits per heavy atom. The Morgan fingerprint density at radius 3 is 2.76 bits per heavy atom. The number of nitrogens with zero attached hydrogens (tertiary/aromatic N) is 1. The van der Waals surface area contributed by atoms with E-state index in [2.05, 4.69) is 43.9 Å². The van der Waals surface area contributed by atoms with E-state index in [4.69, 9.17) is 5.73 Å². The van der Waals surface area contributed by atoms with E-state index in [0.29, 0.717) is 0 Å². The van der Waals surface area contributed by atoms with Crippen molar-refractivity contribution >= 4 is 5.69 Å². The van der Waals surface area contributed by atoms with Crippen molar-refractivity contribution in [2.24, 2.45) is 11.1 Å². The van der Waals surface area contributed by atoms with Gasteiger partial charge in [0.1, 0.15) is 0 Å². The van der Waals surface area contributed by atoms with Crippen molar-refractivity contribution in [2.75, 3.05) is 24.5 Å². The van der Waals surface area contributed by atoms with Crippen molar-refractivity contribution in [3.05, 3.63) is 29.3 Å². The molecule has 0 aliphatic carbocycles. The van der Waals surface area contributed by atoms with Gasteiger partial charge in [-0.3, -0.25) is 0 Å². The van der Waals surface area contributed by atoms with E-state index in [9.17, 15) is 0 Å². The topological polar surface area (TPSA) is 29.3 Å². The molecular weight excluding hydrogens is 208 g/mol. The highest BCUT2D eigenvalue weighted by atomic mass is 15.1. The van der Waals surface area contributed by atoms with Gasteiger partial charge in [-0.15, -0.1) is 0 Å². The summed E-state index contributed by atoms with van der Waals surface area (Å²) in [4.78, 5) is 2.45. The zero-order valence-electron chi connectivity index (χ0n) is 11.3. The third-order valence-electron chi connectivity index (χ3n) is 3.75. The van der Waals surface area contributed by atoms with Crippen molar-refractivity contribution < 1.29 is 0 Å². The number of hydrogen-bond donors (Lipinski definition) is 1. The smallest absolute Gasteiger partial charge is 0.0399 e. The van der Waals surface area contributed by atoms with Gasteiger partial charge in [0.25, 0.3) is 0 Å². The van der Waals surface area contributed by atoms with Crippen molar-refractivity contribution in [1.82, 2.24) is 0 Å². The number of anilines is 1. The van der Waals surface area contributed by atoms with E-state index in [1.54, 1.807) is 0 Å². The van der Waals surface area contributed by atoms with Gasteiger partial charge < -0.3 is 10.6 Å². The molecule has 0 fully saturated rings. The summed E-state index contributed by atoms with van der Waals surface area (Å²) in [5.41, 5.74) is 10.4. The second-order valence-electron chi connectivity index (χ2n) is 5.84. The number of rotatable bonds is 4. The van der Waals surface area contributed by atoms with Gasteiger partial charge >= 0.3 is 0 Å². The first-order chi connectivity index (χ1) is 8.05. The Balaban J connectivity index is 2.18. The predicted molar refractivity (Wildman–Crippen MR) is 74.6 cm³/mol. The maximum absolute atomic E-state index is 5.80. The molecule has 1 heterocycles. The second-order valence-corrected chi connectivity index (χ2v) is 5.84. The molecule has 0 saturated heterocycles. The quantitative estimate of drug-likeness (QED) is 0.864. The molecular formula is C15H24N2. The van der Waals surface area contributed by atoms with E-state index < -0.39 is 0 Å². The molecule has 17 heavy (non-hydrogen) atoms. The molecule has 0 radical (unpaired) electrons. The fourth-order valence-corrected chi connectivity index (χ4v) is 2.59. The molecule has 0 unspecified atom stereocenters. The fourth-order valence-electron chi connectivity index (χ4n) is 2.59. The first-order valence-corrected chi connectivity index (χ1v) is 6.62. The zero-order valence-corrected chi connectivity index (χ0v) is 11.3. The summed E-state index contributed by atoms with van der Waals surface area (Å²) in [7, 11) is 0. The van der Waals surface area contributed by atoms with Gasteiger partial charge in [0.2, 0.25) is 0 Å². The Labute approximate surface area is 105 Å². The minimum absolute atomic E-state index is 0.206. The van der Waals surface area contributed by atoms with Gasteiger partial charge in [-0.1, -0.05) is 26.0 Å². The Morgan fingerprint density at radius 2 is 2.12 bits per heavy atom. The highest BCUT2D eigenvalue weighted by Gasteiger charge is 2.20. The van der Waals surface area contributed by atoms with Crippen LogP contribution in [-0.4, -0.2) is 19.6 Å². The van der Waals surface area contributed by atoms with Gasteiger partial charge in [0, 0.05) is 18.8 Å². The largest absolute Gasteiger partial charge is 0.371 e. The van der Waals surface area contributed by atoms with E-state index in [0.717, 1.165) is 19.5 Å². The minimum Gasteiger partial charge on any atom is -0.371 e. The number of benzene rings is 1. The lowest BCUT2D eigenvalue weighted by Gasteiger charge is -2.23. The summed E-state index contributed by atoms with van der Waals surface area (Å²) in [6.07, 6.45) is 2.27. The zero-order chi connectivity index (χ0) is 12.5. The SMILES string of the molecule is CCN1CCc2cc(CC(C)(C)CN)ccc21. The van der Waals surface area contributed by atoms with Crippen LogP contribution in [0, 0.1) is 5.41 Å². The van der Waals surface area contributed by atoms with Crippen molar-refractivity contribution in [3.63, 3.8) is 0 Å². The number of fused-ring (bicyclic) bond motifs is 1. The molecule has 1 aromatic carbocycles. The molecule has 0 bridgehead atoms. The molecule has 2 N–H and O–H groups in total. The molecule has 0 saturated carbocycles.